The van der Waals surface area contributed by atoms with Crippen LogP contribution in [0.15, 0.2) is 12.3 Å². The molecule has 1 aromatic rings. The number of nitrogens with two attached hydrogens (primary N) is 1. The van der Waals surface area contributed by atoms with Gasteiger partial charge in [-0.25, -0.2) is 4.68 Å². The van der Waals surface area contributed by atoms with E-state index in [2.05, 4.69) is 5.10 Å². The van der Waals surface area contributed by atoms with Crippen molar-refractivity contribution in [3.8, 4) is 0 Å². The summed E-state index contributed by atoms with van der Waals surface area (Å²) in [5.41, 5.74) is 5.68. The molecule has 0 bridgehead atoms. The van der Waals surface area contributed by atoms with E-state index >= 15 is 0 Å². The molecule has 2 rings (SSSR count). The molecule has 0 spiro atoms. The van der Waals surface area contributed by atoms with Gasteiger partial charge in [-0.05, 0) is 25.3 Å². The molecule has 0 aromatic carbocycles. The Balaban J connectivity index is 2.16. The topological polar surface area (TPSA) is 64.1 Å². The van der Waals surface area contributed by atoms with Crippen molar-refractivity contribution in [2.24, 2.45) is 0 Å². The van der Waals surface area contributed by atoms with Gasteiger partial charge in [0, 0.05) is 0 Å². The van der Waals surface area contributed by atoms with E-state index in [0.29, 0.717) is 11.9 Å². The van der Waals surface area contributed by atoms with Crippen molar-refractivity contribution in [2.75, 3.05) is 5.73 Å². The molecular formula is C8H13N3O. The number of nitrogens with zero attached hydrogens (tertiary/aromatic N) is 2. The van der Waals surface area contributed by atoms with Crippen molar-refractivity contribution in [3.05, 3.63) is 12.3 Å². The molecule has 4 nitrogen and oxygen atoms in total. The zero-order valence-electron chi connectivity index (χ0n) is 6.85. The van der Waals surface area contributed by atoms with Gasteiger partial charge < -0.3 is 10.8 Å². The molecule has 3 N–H and O–H groups in total. The Morgan fingerprint density at radius 2 is 2.42 bits per heavy atom. The lowest BCUT2D eigenvalue weighted by molar-refractivity contribution is 0.177. The molecule has 0 radical (unpaired) electrons. The van der Waals surface area contributed by atoms with Crippen LogP contribution in [0, 0.1) is 0 Å². The lowest BCUT2D eigenvalue weighted by Gasteiger charge is -2.11. The van der Waals surface area contributed by atoms with Crippen LogP contribution in [0.25, 0.3) is 0 Å². The minimum absolute atomic E-state index is 0.168. The maximum absolute atomic E-state index is 9.31. The first-order valence-electron chi connectivity index (χ1n) is 4.24. The molecule has 2 atom stereocenters. The van der Waals surface area contributed by atoms with E-state index in [1.54, 1.807) is 16.9 Å². The maximum atomic E-state index is 9.31. The van der Waals surface area contributed by atoms with Crippen LogP contribution in [-0.2, 0) is 0 Å². The summed E-state index contributed by atoms with van der Waals surface area (Å²) >= 11 is 0. The van der Waals surface area contributed by atoms with E-state index in [4.69, 9.17) is 5.73 Å². The van der Waals surface area contributed by atoms with Gasteiger partial charge in [0.1, 0.15) is 5.82 Å². The predicted molar refractivity (Wildman–Crippen MR) is 45.5 cm³/mol. The number of aliphatic hydroxyl groups is 1. The van der Waals surface area contributed by atoms with Gasteiger partial charge in [0.25, 0.3) is 0 Å². The zero-order valence-corrected chi connectivity index (χ0v) is 6.85. The van der Waals surface area contributed by atoms with E-state index in [1.807, 2.05) is 0 Å². The molecule has 4 heteroatoms. The van der Waals surface area contributed by atoms with Gasteiger partial charge in [-0.3, -0.25) is 0 Å². The fraction of sp³-hybridized carbons (Fsp3) is 0.625. The van der Waals surface area contributed by atoms with E-state index < -0.39 is 0 Å². The summed E-state index contributed by atoms with van der Waals surface area (Å²) in [5, 5.41) is 13.4. The van der Waals surface area contributed by atoms with Crippen molar-refractivity contribution in [1.82, 2.24) is 9.78 Å². The molecule has 12 heavy (non-hydrogen) atoms. The molecule has 1 aromatic heterocycles. The van der Waals surface area contributed by atoms with Gasteiger partial charge in [0.05, 0.1) is 18.3 Å². The summed E-state index contributed by atoms with van der Waals surface area (Å²) in [6.07, 6.45) is 4.15. The second kappa shape index (κ2) is 2.79. The van der Waals surface area contributed by atoms with Crippen molar-refractivity contribution in [3.63, 3.8) is 0 Å². The van der Waals surface area contributed by atoms with E-state index in [0.717, 1.165) is 19.3 Å². The van der Waals surface area contributed by atoms with Crippen LogP contribution >= 0.6 is 0 Å². The van der Waals surface area contributed by atoms with E-state index in [1.165, 1.54) is 0 Å². The lowest BCUT2D eigenvalue weighted by Crippen LogP contribution is -2.11. The summed E-state index contributed by atoms with van der Waals surface area (Å²) in [5.74, 6) is 0.689. The average molecular weight is 167 g/mol. The van der Waals surface area contributed by atoms with Crippen LogP contribution < -0.4 is 5.73 Å². The van der Waals surface area contributed by atoms with E-state index in [-0.39, 0.29) is 6.10 Å². The maximum Gasteiger partial charge on any atom is 0.121 e. The quantitative estimate of drug-likeness (QED) is 0.642. The van der Waals surface area contributed by atoms with Crippen molar-refractivity contribution in [1.29, 1.82) is 0 Å². The van der Waals surface area contributed by atoms with Crippen molar-refractivity contribution < 1.29 is 5.11 Å². The fourth-order valence-corrected chi connectivity index (χ4v) is 1.79. The molecule has 1 saturated carbocycles. The van der Waals surface area contributed by atoms with Crippen LogP contribution in [0.4, 0.5) is 5.82 Å². The molecular weight excluding hydrogens is 154 g/mol. The van der Waals surface area contributed by atoms with Crippen LogP contribution in [-0.4, -0.2) is 21.0 Å². The van der Waals surface area contributed by atoms with Crippen molar-refractivity contribution >= 4 is 5.82 Å². The molecule has 66 valence electrons. The summed E-state index contributed by atoms with van der Waals surface area (Å²) in [4.78, 5) is 0. The Morgan fingerprint density at radius 1 is 1.58 bits per heavy atom. The molecule has 1 fully saturated rings. The van der Waals surface area contributed by atoms with Gasteiger partial charge in [-0.1, -0.05) is 0 Å². The molecule has 1 heterocycles. The average Bonchev–Trinajstić information content (AvgIpc) is 2.58. The highest BCUT2D eigenvalue weighted by atomic mass is 16.3. The minimum Gasteiger partial charge on any atom is -0.393 e. The summed E-state index contributed by atoms with van der Waals surface area (Å²) in [7, 11) is 0. The third-order valence-electron chi connectivity index (χ3n) is 2.42. The van der Waals surface area contributed by atoms with Crippen molar-refractivity contribution in [2.45, 2.75) is 31.4 Å². The SMILES string of the molecule is Nc1ccnn1C1CCC(O)C1. The molecule has 0 aliphatic heterocycles. The smallest absolute Gasteiger partial charge is 0.121 e. The first kappa shape index (κ1) is 7.61. The third kappa shape index (κ3) is 1.18. The number of hydrogen-bond donors (Lipinski definition) is 2. The van der Waals surface area contributed by atoms with Crippen LogP contribution in [0.3, 0.4) is 0 Å². The van der Waals surface area contributed by atoms with Gasteiger partial charge in [-0.2, -0.15) is 5.10 Å². The Bertz CT molecular complexity index is 271. The molecule has 1 aliphatic rings. The van der Waals surface area contributed by atoms with Crippen LogP contribution in [0.2, 0.25) is 0 Å². The fourth-order valence-electron chi connectivity index (χ4n) is 1.79. The van der Waals surface area contributed by atoms with E-state index in [9.17, 15) is 5.11 Å². The monoisotopic (exact) mass is 167 g/mol. The highest BCUT2D eigenvalue weighted by Gasteiger charge is 2.25. The molecule has 0 amide bonds. The molecule has 2 unspecified atom stereocenters. The number of aliphatic hydroxyl groups excluding tert-OH is 1. The van der Waals surface area contributed by atoms with Gasteiger partial charge in [0.15, 0.2) is 0 Å². The zero-order chi connectivity index (χ0) is 8.55. The predicted octanol–water partition coefficient (Wildman–Crippen LogP) is 0.551. The number of anilines is 1. The Kier molecular flexibility index (Phi) is 1.77. The third-order valence-corrected chi connectivity index (χ3v) is 2.42. The van der Waals surface area contributed by atoms with Crippen LogP contribution in [0.1, 0.15) is 25.3 Å². The number of aromatic nitrogens is 2. The first-order chi connectivity index (χ1) is 5.77. The molecule has 0 saturated heterocycles. The Morgan fingerprint density at radius 3 is 2.92 bits per heavy atom. The first-order valence-corrected chi connectivity index (χ1v) is 4.24. The highest BCUT2D eigenvalue weighted by molar-refractivity contribution is 5.26. The molecule has 1 aliphatic carbocycles. The second-order valence-electron chi connectivity index (χ2n) is 3.32. The van der Waals surface area contributed by atoms with Crippen LogP contribution in [0.5, 0.6) is 0 Å². The number of hydrogen-bond acceptors (Lipinski definition) is 3. The standard InChI is InChI=1S/C8H13N3O/c9-8-3-4-10-11(8)6-1-2-7(12)5-6/h3-4,6-7,12H,1-2,5,9H2. The normalized spacial score (nSPS) is 29.4. The summed E-state index contributed by atoms with van der Waals surface area (Å²) in [6.45, 7) is 0. The Labute approximate surface area is 71.0 Å². The largest absolute Gasteiger partial charge is 0.393 e. The van der Waals surface area contributed by atoms with Gasteiger partial charge >= 0.3 is 0 Å². The Hall–Kier alpha value is -1.03. The number of rotatable bonds is 1. The minimum atomic E-state index is -0.168. The highest BCUT2D eigenvalue weighted by Crippen LogP contribution is 2.30. The summed E-state index contributed by atoms with van der Waals surface area (Å²) < 4.78 is 1.80. The lowest BCUT2D eigenvalue weighted by atomic mass is 10.2. The number of nitrogen functional groups attached to an aromatic ring is 1. The summed E-state index contributed by atoms with van der Waals surface area (Å²) in [6, 6.07) is 2.08. The second-order valence-corrected chi connectivity index (χ2v) is 3.32. The van der Waals surface area contributed by atoms with Gasteiger partial charge in [-0.15, -0.1) is 0 Å². The van der Waals surface area contributed by atoms with Gasteiger partial charge in [0.2, 0.25) is 0 Å².